The van der Waals surface area contributed by atoms with Gasteiger partial charge < -0.3 is 5.11 Å². The highest BCUT2D eigenvalue weighted by atomic mass is 32.1. The van der Waals surface area contributed by atoms with E-state index in [0.29, 0.717) is 10.2 Å². The number of aromatic amines is 1. The maximum Gasteiger partial charge on any atom is 0.424 e. The van der Waals surface area contributed by atoms with Crippen LogP contribution in [0.5, 0.6) is 0 Å². The molecule has 2 aromatic carbocycles. The first-order chi connectivity index (χ1) is 12.8. The maximum absolute atomic E-state index is 13.9. The molecule has 0 radical (unpaired) electrons. The number of hydrogen-bond donors (Lipinski definition) is 2. The standard InChI is InChI=1S/C18H12F3N3O2S/c19-18(20,21)17(26,16-22-12-7-3-4-8-14(12)27-16)9-13-10-5-1-2-6-11(10)15(25)24-23-13/h1-8,26H,9H2,(H,24,25)/t17-/m0/s1. The largest absolute Gasteiger partial charge is 0.424 e. The van der Waals surface area contributed by atoms with Gasteiger partial charge in [0.2, 0.25) is 5.60 Å². The van der Waals surface area contributed by atoms with Gasteiger partial charge in [-0.1, -0.05) is 30.3 Å². The molecule has 138 valence electrons. The van der Waals surface area contributed by atoms with Gasteiger partial charge in [0, 0.05) is 11.8 Å². The molecule has 1 atom stereocenters. The van der Waals surface area contributed by atoms with E-state index in [1.165, 1.54) is 12.1 Å². The van der Waals surface area contributed by atoms with Crippen LogP contribution in [0.15, 0.2) is 53.3 Å². The molecular weight excluding hydrogens is 379 g/mol. The van der Waals surface area contributed by atoms with Crippen LogP contribution in [0.3, 0.4) is 0 Å². The molecule has 0 unspecified atom stereocenters. The van der Waals surface area contributed by atoms with Crippen LogP contribution in [-0.4, -0.2) is 26.5 Å². The lowest BCUT2D eigenvalue weighted by Crippen LogP contribution is -2.44. The van der Waals surface area contributed by atoms with Gasteiger partial charge in [-0.05, 0) is 18.2 Å². The van der Waals surface area contributed by atoms with Crippen molar-refractivity contribution in [2.45, 2.75) is 18.2 Å². The summed E-state index contributed by atoms with van der Waals surface area (Å²) in [6.45, 7) is 0. The predicted molar refractivity (Wildman–Crippen MR) is 95.6 cm³/mol. The molecule has 5 nitrogen and oxygen atoms in total. The van der Waals surface area contributed by atoms with Gasteiger partial charge in [-0.2, -0.15) is 18.3 Å². The number of H-pyrrole nitrogens is 1. The normalized spacial score (nSPS) is 14.5. The van der Waals surface area contributed by atoms with E-state index >= 15 is 0 Å². The van der Waals surface area contributed by atoms with E-state index < -0.39 is 28.8 Å². The molecule has 9 heteroatoms. The molecule has 27 heavy (non-hydrogen) atoms. The van der Waals surface area contributed by atoms with E-state index in [1.54, 1.807) is 36.4 Å². The minimum atomic E-state index is -4.99. The lowest BCUT2D eigenvalue weighted by Gasteiger charge is -2.28. The molecule has 4 aromatic rings. The fraction of sp³-hybridized carbons (Fsp3) is 0.167. The van der Waals surface area contributed by atoms with Gasteiger partial charge in [0.15, 0.2) is 0 Å². The van der Waals surface area contributed by atoms with Crippen LogP contribution in [0.25, 0.3) is 21.0 Å². The van der Waals surface area contributed by atoms with Crippen molar-refractivity contribution in [3.63, 3.8) is 0 Å². The van der Waals surface area contributed by atoms with Crippen molar-refractivity contribution < 1.29 is 18.3 Å². The molecule has 0 saturated heterocycles. The van der Waals surface area contributed by atoms with E-state index in [1.807, 2.05) is 0 Å². The Morgan fingerprint density at radius 2 is 1.70 bits per heavy atom. The summed E-state index contributed by atoms with van der Waals surface area (Å²) in [5.74, 6) is 0. The van der Waals surface area contributed by atoms with E-state index in [2.05, 4.69) is 15.2 Å². The monoisotopic (exact) mass is 391 g/mol. The highest BCUT2D eigenvalue weighted by Gasteiger charge is 2.57. The van der Waals surface area contributed by atoms with Gasteiger partial charge in [0.05, 0.1) is 21.3 Å². The quantitative estimate of drug-likeness (QED) is 0.560. The summed E-state index contributed by atoms with van der Waals surface area (Å²) >= 11 is 0.778. The van der Waals surface area contributed by atoms with Crippen LogP contribution in [0, 0.1) is 0 Å². The molecule has 0 amide bonds. The molecule has 0 saturated carbocycles. The molecule has 0 fully saturated rings. The molecular formula is C18H12F3N3O2S. The minimum absolute atomic E-state index is 0.0655. The molecule has 0 bridgehead atoms. The van der Waals surface area contributed by atoms with Crippen LogP contribution in [0.2, 0.25) is 0 Å². The number of aliphatic hydroxyl groups is 1. The molecule has 0 spiro atoms. The molecule has 2 heterocycles. The number of benzene rings is 2. The SMILES string of the molecule is O=c1[nH]nc(C[C@](O)(c2nc3ccccc3s2)C(F)(F)F)c2ccccc12. The Balaban J connectivity index is 1.89. The number of thiazole rings is 1. The molecule has 0 aliphatic carbocycles. The van der Waals surface area contributed by atoms with Gasteiger partial charge in [-0.15, -0.1) is 11.3 Å². The zero-order valence-electron chi connectivity index (χ0n) is 13.6. The number of nitrogens with zero attached hydrogens (tertiary/aromatic N) is 2. The van der Waals surface area contributed by atoms with Crippen LogP contribution >= 0.6 is 11.3 Å². The Kier molecular flexibility index (Phi) is 4.01. The van der Waals surface area contributed by atoms with Crippen molar-refractivity contribution in [1.29, 1.82) is 0 Å². The number of nitrogens with one attached hydrogen (secondary N) is 1. The molecule has 4 rings (SSSR count). The minimum Gasteiger partial charge on any atom is -0.374 e. The van der Waals surface area contributed by atoms with Crippen LogP contribution in [0.1, 0.15) is 10.7 Å². The number of halogens is 3. The summed E-state index contributed by atoms with van der Waals surface area (Å²) < 4.78 is 42.2. The lowest BCUT2D eigenvalue weighted by atomic mass is 9.95. The summed E-state index contributed by atoms with van der Waals surface area (Å²) in [5.41, 5.74) is -3.43. The third-order valence-electron chi connectivity index (χ3n) is 4.31. The van der Waals surface area contributed by atoms with Crippen LogP contribution in [0.4, 0.5) is 13.2 Å². The Hall–Kier alpha value is -2.78. The van der Waals surface area contributed by atoms with Crippen molar-refractivity contribution >= 4 is 32.3 Å². The smallest absolute Gasteiger partial charge is 0.374 e. The maximum atomic E-state index is 13.9. The molecule has 2 N–H and O–H groups in total. The summed E-state index contributed by atoms with van der Waals surface area (Å²) in [6.07, 6.45) is -5.85. The zero-order chi connectivity index (χ0) is 19.2. The first-order valence-corrected chi connectivity index (χ1v) is 8.73. The van der Waals surface area contributed by atoms with Crippen molar-refractivity contribution in [3.8, 4) is 0 Å². The van der Waals surface area contributed by atoms with E-state index in [4.69, 9.17) is 0 Å². The second-order valence-electron chi connectivity index (χ2n) is 6.07. The van der Waals surface area contributed by atoms with Gasteiger partial charge in [-0.3, -0.25) is 4.79 Å². The number of para-hydroxylation sites is 1. The molecule has 0 aliphatic heterocycles. The number of hydrogen-bond acceptors (Lipinski definition) is 5. The first-order valence-electron chi connectivity index (χ1n) is 7.91. The average Bonchev–Trinajstić information content (AvgIpc) is 3.08. The number of aromatic nitrogens is 3. The topological polar surface area (TPSA) is 78.9 Å². The van der Waals surface area contributed by atoms with E-state index in [0.717, 1.165) is 11.3 Å². The Bertz CT molecular complexity index is 1170. The summed E-state index contributed by atoms with van der Waals surface area (Å²) in [5, 5.41) is 16.6. The third kappa shape index (κ3) is 2.88. The second kappa shape index (κ2) is 6.14. The van der Waals surface area contributed by atoms with Crippen molar-refractivity contribution in [3.05, 3.63) is 69.6 Å². The molecule has 0 aliphatic rings. The highest BCUT2D eigenvalue weighted by Crippen LogP contribution is 2.44. The van der Waals surface area contributed by atoms with E-state index in [-0.39, 0.29) is 16.5 Å². The highest BCUT2D eigenvalue weighted by molar-refractivity contribution is 7.18. The Morgan fingerprint density at radius 1 is 1.04 bits per heavy atom. The third-order valence-corrected chi connectivity index (χ3v) is 5.50. The summed E-state index contributed by atoms with van der Waals surface area (Å²) in [7, 11) is 0. The number of fused-ring (bicyclic) bond motifs is 2. The van der Waals surface area contributed by atoms with Crippen molar-refractivity contribution in [2.24, 2.45) is 0 Å². The number of rotatable bonds is 3. The summed E-state index contributed by atoms with van der Waals surface area (Å²) in [4.78, 5) is 15.9. The second-order valence-corrected chi connectivity index (χ2v) is 7.10. The Labute approximate surface area is 154 Å². The van der Waals surface area contributed by atoms with Gasteiger partial charge in [0.25, 0.3) is 5.56 Å². The zero-order valence-corrected chi connectivity index (χ0v) is 14.4. The van der Waals surface area contributed by atoms with Crippen LogP contribution in [-0.2, 0) is 12.0 Å². The Morgan fingerprint density at radius 3 is 2.41 bits per heavy atom. The van der Waals surface area contributed by atoms with Gasteiger partial charge in [-0.25, -0.2) is 10.1 Å². The van der Waals surface area contributed by atoms with Crippen molar-refractivity contribution in [1.82, 2.24) is 15.2 Å². The molecule has 2 aromatic heterocycles. The first kappa shape index (κ1) is 17.6. The van der Waals surface area contributed by atoms with Crippen LogP contribution < -0.4 is 5.56 Å². The fourth-order valence-electron chi connectivity index (χ4n) is 2.89. The summed E-state index contributed by atoms with van der Waals surface area (Å²) in [6, 6.07) is 12.8. The number of alkyl halides is 3. The average molecular weight is 391 g/mol. The fourth-order valence-corrected chi connectivity index (χ4v) is 3.97. The predicted octanol–water partition coefficient (Wildman–Crippen LogP) is 3.53. The lowest BCUT2D eigenvalue weighted by molar-refractivity contribution is -0.266. The van der Waals surface area contributed by atoms with Gasteiger partial charge >= 0.3 is 6.18 Å². The van der Waals surface area contributed by atoms with Gasteiger partial charge in [0.1, 0.15) is 5.01 Å². The van der Waals surface area contributed by atoms with E-state index in [9.17, 15) is 23.1 Å². The van der Waals surface area contributed by atoms with Crippen molar-refractivity contribution in [2.75, 3.05) is 0 Å².